The van der Waals surface area contributed by atoms with E-state index in [9.17, 15) is 0 Å². The van der Waals surface area contributed by atoms with Crippen molar-refractivity contribution in [3.8, 4) is 0 Å². The number of hydrogen-bond acceptors (Lipinski definition) is 3. The van der Waals surface area contributed by atoms with Crippen LogP contribution in [0.1, 0.15) is 45.4 Å². The van der Waals surface area contributed by atoms with Gasteiger partial charge in [-0.15, -0.1) is 0 Å². The zero-order valence-corrected chi connectivity index (χ0v) is 11.0. The fraction of sp³-hybridized carbons (Fsp3) is 0.800. The second-order valence-electron chi connectivity index (χ2n) is 3.43. The number of hydrogen-bond donors (Lipinski definition) is 3. The smallest absolute Gasteiger partial charge is 0.169 e. The summed E-state index contributed by atoms with van der Waals surface area (Å²) in [5.41, 5.74) is 5.24. The molecule has 0 aliphatic carbocycles. The van der Waals surface area contributed by atoms with Crippen LogP contribution in [-0.4, -0.2) is 16.0 Å². The molecule has 0 saturated carbocycles. The van der Waals surface area contributed by atoms with E-state index in [1.807, 2.05) is 0 Å². The van der Waals surface area contributed by atoms with Crippen molar-refractivity contribution in [1.29, 1.82) is 5.41 Å². The number of amidine groups is 1. The van der Waals surface area contributed by atoms with E-state index in [1.165, 1.54) is 43.9 Å². The Kier molecular flexibility index (Phi) is 10.0. The summed E-state index contributed by atoms with van der Waals surface area (Å²) in [4.78, 5) is 0. The Hall–Kier alpha value is -0.290. The molecule has 0 aliphatic heterocycles. The van der Waals surface area contributed by atoms with Crippen LogP contribution in [-0.2, 0) is 0 Å². The van der Waals surface area contributed by atoms with E-state index in [-0.39, 0.29) is 5.11 Å². The number of unbranched alkanes of at least 4 members (excludes halogenated alkanes) is 5. The van der Waals surface area contributed by atoms with Crippen LogP contribution >= 0.6 is 24.0 Å². The average molecular weight is 247 g/mol. The molecule has 0 fully saturated rings. The molecule has 0 radical (unpaired) electrons. The molecule has 3 nitrogen and oxygen atoms in total. The van der Waals surface area contributed by atoms with Gasteiger partial charge in [-0.2, -0.15) is 0 Å². The zero-order chi connectivity index (χ0) is 11.5. The Bertz CT molecular complexity index is 195. The van der Waals surface area contributed by atoms with Gasteiger partial charge in [0.15, 0.2) is 10.3 Å². The van der Waals surface area contributed by atoms with E-state index in [2.05, 4.69) is 24.5 Å². The number of thioether (sulfide) groups is 1. The van der Waals surface area contributed by atoms with Crippen LogP contribution < -0.4 is 11.1 Å². The summed E-state index contributed by atoms with van der Waals surface area (Å²) in [6, 6.07) is 0. The summed E-state index contributed by atoms with van der Waals surface area (Å²) in [5.74, 6) is 0.973. The third-order valence-corrected chi connectivity index (χ3v) is 2.97. The summed E-state index contributed by atoms with van der Waals surface area (Å²) in [6.45, 7) is 2.22. The first-order valence-corrected chi connectivity index (χ1v) is 6.84. The minimum absolute atomic E-state index is 0.176. The van der Waals surface area contributed by atoms with E-state index < -0.39 is 0 Å². The van der Waals surface area contributed by atoms with Crippen molar-refractivity contribution >= 4 is 34.3 Å². The lowest BCUT2D eigenvalue weighted by atomic mass is 10.1. The Morgan fingerprint density at radius 3 is 2.47 bits per heavy atom. The van der Waals surface area contributed by atoms with E-state index in [4.69, 9.17) is 11.1 Å². The Morgan fingerprint density at radius 2 is 1.87 bits per heavy atom. The van der Waals surface area contributed by atoms with Crippen LogP contribution in [0.2, 0.25) is 0 Å². The van der Waals surface area contributed by atoms with Crippen molar-refractivity contribution in [2.75, 3.05) is 5.75 Å². The molecule has 0 atom stereocenters. The molecule has 0 heterocycles. The molecule has 0 aromatic rings. The van der Waals surface area contributed by atoms with Crippen LogP contribution in [0.15, 0.2) is 0 Å². The number of thiocarbonyl (C=S) groups is 1. The summed E-state index contributed by atoms with van der Waals surface area (Å²) >= 11 is 6.11. The lowest BCUT2D eigenvalue weighted by Crippen LogP contribution is -2.32. The van der Waals surface area contributed by atoms with Gasteiger partial charge in [0.2, 0.25) is 0 Å². The molecule has 88 valence electrons. The van der Waals surface area contributed by atoms with Crippen LogP contribution in [0.5, 0.6) is 0 Å². The molecule has 0 unspecified atom stereocenters. The molecule has 0 spiro atoms. The molecule has 0 amide bonds. The molecular weight excluding hydrogens is 226 g/mol. The fourth-order valence-corrected chi connectivity index (χ4v) is 2.11. The SMILES string of the molecule is CCCCCCCCSC(=N)NC(N)=S. The minimum atomic E-state index is 0.176. The van der Waals surface area contributed by atoms with Crippen molar-refractivity contribution in [3.05, 3.63) is 0 Å². The number of rotatable bonds is 7. The summed E-state index contributed by atoms with van der Waals surface area (Å²) in [7, 11) is 0. The topological polar surface area (TPSA) is 61.9 Å². The second-order valence-corrected chi connectivity index (χ2v) is 4.98. The molecule has 0 aromatic carbocycles. The maximum Gasteiger partial charge on any atom is 0.169 e. The van der Waals surface area contributed by atoms with Crippen LogP contribution in [0.25, 0.3) is 0 Å². The third-order valence-electron chi connectivity index (χ3n) is 1.98. The standard InChI is InChI=1S/C10H21N3S2/c1-2-3-4-5-6-7-8-15-10(12)13-9(11)14/h2-8H2,1H3,(H4,11,12,13,14). The Balaban J connectivity index is 3.16. The monoisotopic (exact) mass is 247 g/mol. The van der Waals surface area contributed by atoms with Gasteiger partial charge in [-0.1, -0.05) is 50.8 Å². The summed E-state index contributed by atoms with van der Waals surface area (Å²) in [6.07, 6.45) is 7.70. The second kappa shape index (κ2) is 10.2. The molecular formula is C10H21N3S2. The molecule has 0 rings (SSSR count). The first kappa shape index (κ1) is 14.7. The third kappa shape index (κ3) is 11.6. The minimum Gasteiger partial charge on any atom is -0.376 e. The van der Waals surface area contributed by atoms with Gasteiger partial charge < -0.3 is 11.1 Å². The average Bonchev–Trinajstić information content (AvgIpc) is 2.15. The summed E-state index contributed by atoms with van der Waals surface area (Å²) < 4.78 is 0. The lowest BCUT2D eigenvalue weighted by molar-refractivity contribution is 0.627. The first-order valence-electron chi connectivity index (χ1n) is 5.44. The predicted molar refractivity (Wildman–Crippen MR) is 73.5 cm³/mol. The Labute approximate surface area is 102 Å². The van der Waals surface area contributed by atoms with Crippen molar-refractivity contribution in [3.63, 3.8) is 0 Å². The fourth-order valence-electron chi connectivity index (χ4n) is 1.20. The first-order chi connectivity index (χ1) is 7.16. The highest BCUT2D eigenvalue weighted by atomic mass is 32.2. The van der Waals surface area contributed by atoms with Crippen LogP contribution in [0.4, 0.5) is 0 Å². The highest BCUT2D eigenvalue weighted by Crippen LogP contribution is 2.09. The summed E-state index contributed by atoms with van der Waals surface area (Å²) in [5, 5.41) is 10.6. The van der Waals surface area contributed by atoms with Crippen molar-refractivity contribution in [2.24, 2.45) is 5.73 Å². The molecule has 0 aliphatic rings. The molecule has 15 heavy (non-hydrogen) atoms. The van der Waals surface area contributed by atoms with Crippen LogP contribution in [0.3, 0.4) is 0 Å². The van der Waals surface area contributed by atoms with Gasteiger partial charge in [-0.3, -0.25) is 5.41 Å². The van der Waals surface area contributed by atoms with Gasteiger partial charge in [-0.25, -0.2) is 0 Å². The van der Waals surface area contributed by atoms with Gasteiger partial charge in [0.1, 0.15) is 0 Å². The van der Waals surface area contributed by atoms with Crippen molar-refractivity contribution in [1.82, 2.24) is 5.32 Å². The molecule has 4 N–H and O–H groups in total. The molecule has 0 bridgehead atoms. The normalized spacial score (nSPS) is 9.93. The van der Waals surface area contributed by atoms with Crippen molar-refractivity contribution in [2.45, 2.75) is 45.4 Å². The van der Waals surface area contributed by atoms with E-state index in [0.29, 0.717) is 5.17 Å². The predicted octanol–water partition coefficient (Wildman–Crippen LogP) is 2.85. The van der Waals surface area contributed by atoms with Gasteiger partial charge in [0.25, 0.3) is 0 Å². The lowest BCUT2D eigenvalue weighted by Gasteiger charge is -2.04. The highest BCUT2D eigenvalue weighted by molar-refractivity contribution is 8.13. The zero-order valence-electron chi connectivity index (χ0n) is 9.34. The molecule has 0 saturated heterocycles. The highest BCUT2D eigenvalue weighted by Gasteiger charge is 1.97. The molecule has 5 heteroatoms. The van der Waals surface area contributed by atoms with Gasteiger partial charge >= 0.3 is 0 Å². The Morgan fingerprint density at radius 1 is 1.27 bits per heavy atom. The number of nitrogens with one attached hydrogen (secondary N) is 2. The molecule has 0 aromatic heterocycles. The van der Waals surface area contributed by atoms with Gasteiger partial charge in [0, 0.05) is 5.75 Å². The van der Waals surface area contributed by atoms with Gasteiger partial charge in [0.05, 0.1) is 0 Å². The largest absolute Gasteiger partial charge is 0.376 e. The van der Waals surface area contributed by atoms with E-state index in [1.54, 1.807) is 0 Å². The maximum absolute atomic E-state index is 7.45. The quantitative estimate of drug-likeness (QED) is 0.280. The van der Waals surface area contributed by atoms with E-state index >= 15 is 0 Å². The van der Waals surface area contributed by atoms with E-state index in [0.717, 1.165) is 12.2 Å². The maximum atomic E-state index is 7.45. The number of nitrogens with two attached hydrogens (primary N) is 1. The van der Waals surface area contributed by atoms with Crippen molar-refractivity contribution < 1.29 is 0 Å². The van der Waals surface area contributed by atoms with Crippen LogP contribution in [0, 0.1) is 5.41 Å². The van der Waals surface area contributed by atoms with Gasteiger partial charge in [-0.05, 0) is 18.6 Å².